The smallest absolute Gasteiger partial charge is 0.342 e. The van der Waals surface area contributed by atoms with Gasteiger partial charge in [-0.1, -0.05) is 78.0 Å². The van der Waals surface area contributed by atoms with Crippen molar-refractivity contribution in [1.82, 2.24) is 4.90 Å². The van der Waals surface area contributed by atoms with Crippen LogP contribution in [0.25, 0.3) is 0 Å². The number of amides is 1. The predicted molar refractivity (Wildman–Crippen MR) is 368 cm³/mol. The number of fused-ring (bicyclic) bond motifs is 6. The Labute approximate surface area is 598 Å². The van der Waals surface area contributed by atoms with Gasteiger partial charge in [-0.15, -0.1) is 0 Å². The van der Waals surface area contributed by atoms with E-state index < -0.39 is 161 Å². The van der Waals surface area contributed by atoms with Gasteiger partial charge in [0.2, 0.25) is 11.6 Å². The summed E-state index contributed by atoms with van der Waals surface area (Å²) in [4.78, 5) is 142. The fourth-order valence-electron chi connectivity index (χ4n) is 17.5. The number of hydrogen-bond acceptors (Lipinski definition) is 23. The number of piperidine rings is 1. The number of hydrogen-bond donors (Lipinski definition) is 2. The van der Waals surface area contributed by atoms with Crippen LogP contribution in [0.3, 0.4) is 0 Å². The molecule has 1 aromatic heterocycles. The zero-order valence-corrected chi connectivity index (χ0v) is 61.8. The molecule has 2 N–H and O–H groups in total. The number of methoxy groups -OCH3 is 4. The van der Waals surface area contributed by atoms with Crippen LogP contribution in [-0.4, -0.2) is 188 Å². The molecule has 8 aliphatic rings. The normalized spacial score (nSPS) is 38.1. The molecule has 0 aromatic carbocycles. The molecule has 2 saturated carbocycles. The van der Waals surface area contributed by atoms with Gasteiger partial charge in [0.05, 0.1) is 43.2 Å². The Bertz CT molecular complexity index is 3480. The van der Waals surface area contributed by atoms with Crippen LogP contribution in [0.1, 0.15) is 205 Å². The molecule has 562 valence electrons. The number of cyclic esters (lactones) is 2. The number of nitrogens with zero attached hydrogens (tertiary/aromatic N) is 1. The van der Waals surface area contributed by atoms with Crippen LogP contribution in [0, 0.1) is 46.8 Å². The number of allylic oxidation sites excluding steroid dienone is 7. The molecule has 5 heterocycles. The molecular weight excluding hydrogens is 1320 g/mol. The average molecular weight is 1430 g/mol. The van der Waals surface area contributed by atoms with Crippen LogP contribution in [0.4, 0.5) is 0 Å². The lowest BCUT2D eigenvalue weighted by atomic mass is 9.54. The molecule has 9 rings (SSSR count). The maximum Gasteiger partial charge on any atom is 0.342 e. The first kappa shape index (κ1) is 79.3. The standard InChI is InChI=1S/C78H107NO23/c1-41-20-16-15-17-21-42(2)56(93-12)36-50-25-23-47(7)78(91,102-50)72(87)73(88)79-31-19-18-22-53(79)75(90)99-57(37-54(81)43(3)33-46(6)68(85)71(95-14)67(84)45(5)32-41)44(4)34-49-24-27-55(58(35-49)94-13)98-62(82)29-30-63(83)100-60-28-26-52-64-66(59(97-48(8)80)38-76(52,60)9)77(10)61(40-92-11)101-74(89)51-39-96-70(65(51)77)69(64)86/h15-17,20-21,33,39,41,43-45,47,49-50,52-53,55-61,68,71,85,91H,18-19,22-32,34-38,40H2,1-14H3/b17-15+,20-16+,42-21+,46-33+/t41-,43-,44-,45-,47-,49+,50+,52?,53+,55-,56+,57+,58-,59-,60+,61-,68-,71+,76+,77+,78-/m1/s1. The van der Waals surface area contributed by atoms with Crippen molar-refractivity contribution in [2.24, 2.45) is 46.8 Å². The van der Waals surface area contributed by atoms with Crippen molar-refractivity contribution in [3.05, 3.63) is 81.9 Å². The molecule has 1 amide bonds. The minimum Gasteiger partial charge on any atom is -0.462 e. The maximum atomic E-state index is 14.8. The minimum atomic E-state index is -2.51. The van der Waals surface area contributed by atoms with E-state index in [4.69, 9.17) is 51.8 Å². The molecule has 21 atom stereocenters. The molecule has 102 heavy (non-hydrogen) atoms. The van der Waals surface area contributed by atoms with Crippen molar-refractivity contribution in [3.8, 4) is 0 Å². The van der Waals surface area contributed by atoms with Crippen LogP contribution >= 0.6 is 0 Å². The maximum absolute atomic E-state index is 14.8. The lowest BCUT2D eigenvalue weighted by Gasteiger charge is -2.52. The van der Waals surface area contributed by atoms with E-state index in [-0.39, 0.29) is 86.4 Å². The van der Waals surface area contributed by atoms with E-state index in [2.05, 4.69) is 0 Å². The highest BCUT2D eigenvalue weighted by Crippen LogP contribution is 2.63. The lowest BCUT2D eigenvalue weighted by molar-refractivity contribution is -0.265. The lowest BCUT2D eigenvalue weighted by Crippen LogP contribution is -2.61. The summed E-state index contributed by atoms with van der Waals surface area (Å²) in [5, 5.41) is 23.8. The van der Waals surface area contributed by atoms with Gasteiger partial charge in [-0.2, -0.15) is 0 Å². The molecule has 24 heteroatoms. The van der Waals surface area contributed by atoms with E-state index in [1.165, 1.54) is 34.5 Å². The first-order valence-electron chi connectivity index (χ1n) is 36.5. The molecule has 1 aromatic rings. The molecule has 1 unspecified atom stereocenters. The fourth-order valence-corrected chi connectivity index (χ4v) is 17.5. The van der Waals surface area contributed by atoms with E-state index in [1.54, 1.807) is 40.9 Å². The molecule has 2 saturated heterocycles. The SMILES string of the molecule is COC[C@H]1OC(=O)c2coc3c2[C@@]1(C)C1=C(C3=O)C2CC[C@H](OC(=O)CCC(=O)O[C@@H]3CC[C@@H](C[C@@H](C)[C@@H]4CC(=O)[C@H](C)/C=C(\C)[C@@H](O)[C@@H](OC)C(=O)[C@H](C)C[C@H](C)/C=C/C=C/C=C(\C)[C@@H](OC)C[C@@H]5CC[C@@H](C)[C@@](O)(O5)C(=O)C(=O)N5CCCC[C@H]5C(=O)O4)C[C@H]3OC)[C@@]2(C)C[C@H]1OC(C)=O. The summed E-state index contributed by atoms with van der Waals surface area (Å²) in [6.07, 6.45) is 7.83. The quantitative estimate of drug-likeness (QED) is 0.0758. The summed E-state index contributed by atoms with van der Waals surface area (Å²) in [5.41, 5.74) is 0.416. The average Bonchev–Trinajstić information content (AvgIpc) is 1.40. The highest BCUT2D eigenvalue weighted by molar-refractivity contribution is 6.39. The predicted octanol–water partition coefficient (Wildman–Crippen LogP) is 9.40. The van der Waals surface area contributed by atoms with Crippen molar-refractivity contribution < 1.29 is 110 Å². The van der Waals surface area contributed by atoms with Crippen molar-refractivity contribution in [3.63, 3.8) is 0 Å². The van der Waals surface area contributed by atoms with Gasteiger partial charge in [0.15, 0.2) is 11.5 Å². The molecular formula is C78H107NO23. The van der Waals surface area contributed by atoms with Gasteiger partial charge in [-0.3, -0.25) is 38.4 Å². The first-order valence-corrected chi connectivity index (χ1v) is 36.5. The fraction of sp³-hybridized carbons (Fsp3) is 0.692. The summed E-state index contributed by atoms with van der Waals surface area (Å²) in [6, 6.07) is -1.25. The number of Topliss-reactive ketones (excluding diaryl/α,β-unsaturated/α-hetero) is 4. The number of esters is 5. The molecule has 4 fully saturated rings. The summed E-state index contributed by atoms with van der Waals surface area (Å²) in [7, 11) is 5.88. The third kappa shape index (κ3) is 16.6. The number of aliphatic hydroxyl groups excluding tert-OH is 1. The van der Waals surface area contributed by atoms with Crippen LogP contribution in [0.5, 0.6) is 0 Å². The van der Waals surface area contributed by atoms with Crippen molar-refractivity contribution in [2.75, 3.05) is 41.6 Å². The van der Waals surface area contributed by atoms with Crippen molar-refractivity contribution in [1.29, 1.82) is 0 Å². The van der Waals surface area contributed by atoms with Crippen LogP contribution in [0.2, 0.25) is 0 Å². The van der Waals surface area contributed by atoms with Crippen LogP contribution < -0.4 is 0 Å². The van der Waals surface area contributed by atoms with E-state index >= 15 is 0 Å². The Morgan fingerprint density at radius 2 is 1.50 bits per heavy atom. The van der Waals surface area contributed by atoms with Gasteiger partial charge in [-0.05, 0) is 145 Å². The Morgan fingerprint density at radius 1 is 0.775 bits per heavy atom. The largest absolute Gasteiger partial charge is 0.462 e. The molecule has 4 aliphatic carbocycles. The summed E-state index contributed by atoms with van der Waals surface area (Å²) < 4.78 is 65.7. The zero-order chi connectivity index (χ0) is 74.4. The van der Waals surface area contributed by atoms with Gasteiger partial charge < -0.3 is 66.9 Å². The Morgan fingerprint density at radius 3 is 2.19 bits per heavy atom. The minimum absolute atomic E-state index is 0.00324. The van der Waals surface area contributed by atoms with E-state index in [1.807, 2.05) is 65.0 Å². The van der Waals surface area contributed by atoms with E-state index in [9.17, 15) is 58.2 Å². The van der Waals surface area contributed by atoms with Crippen LogP contribution in [-0.2, 0) is 91.1 Å². The molecule has 0 radical (unpaired) electrons. The van der Waals surface area contributed by atoms with Gasteiger partial charge in [0.25, 0.3) is 11.7 Å². The third-order valence-electron chi connectivity index (χ3n) is 23.4. The molecule has 2 bridgehead atoms. The Hall–Kier alpha value is -6.80. The van der Waals surface area contributed by atoms with Gasteiger partial charge >= 0.3 is 29.8 Å². The number of carbonyl (C=O) groups is 10. The van der Waals surface area contributed by atoms with Crippen molar-refractivity contribution in [2.45, 2.75) is 257 Å². The zero-order valence-electron chi connectivity index (χ0n) is 61.8. The highest BCUT2D eigenvalue weighted by atomic mass is 16.6. The van der Waals surface area contributed by atoms with E-state index in [0.29, 0.717) is 92.9 Å². The molecule has 24 nitrogen and oxygen atoms in total. The number of aliphatic hydroxyl groups is 2. The van der Waals surface area contributed by atoms with Gasteiger partial charge in [0.1, 0.15) is 66.4 Å². The second-order valence-corrected chi connectivity index (χ2v) is 30.5. The number of rotatable bonds is 14. The third-order valence-corrected chi connectivity index (χ3v) is 23.4. The topological polar surface area (TPSA) is 320 Å². The summed E-state index contributed by atoms with van der Waals surface area (Å²) in [6.45, 7) is 17.4. The second kappa shape index (κ2) is 33.5. The molecule has 4 aliphatic heterocycles. The Kier molecular flexibility index (Phi) is 26.1. The number of ketones is 4. The summed E-state index contributed by atoms with van der Waals surface area (Å²) in [5.74, 6) is -12.6. The number of furan rings is 1. The highest BCUT2D eigenvalue weighted by Gasteiger charge is 2.65. The van der Waals surface area contributed by atoms with Gasteiger partial charge in [0, 0.05) is 89.1 Å². The monoisotopic (exact) mass is 1430 g/mol. The summed E-state index contributed by atoms with van der Waals surface area (Å²) >= 11 is 0. The molecule has 0 spiro atoms. The van der Waals surface area contributed by atoms with Crippen LogP contribution in [0.15, 0.2) is 69.4 Å². The Balaban J connectivity index is 0.877. The number of carbonyl (C=O) groups excluding carboxylic acids is 10. The number of ether oxygens (including phenoxy) is 10. The van der Waals surface area contributed by atoms with Gasteiger partial charge in [-0.25, -0.2) is 9.59 Å². The second-order valence-electron chi connectivity index (χ2n) is 30.5. The first-order chi connectivity index (χ1) is 48.3. The van der Waals surface area contributed by atoms with E-state index in [0.717, 1.165) is 10.5 Å². The van der Waals surface area contributed by atoms with Crippen molar-refractivity contribution >= 4 is 58.9 Å².